The molecule has 0 aliphatic rings. The molecule has 0 fully saturated rings. The van der Waals surface area contributed by atoms with Gasteiger partial charge >= 0.3 is 0 Å². The minimum absolute atomic E-state index is 0.0686. The second-order valence-electron chi connectivity index (χ2n) is 2.42. The molecule has 70 valence electrons. The number of amides is 1. The van der Waals surface area contributed by atoms with Crippen LogP contribution in [0.25, 0.3) is 0 Å². The second kappa shape index (κ2) is 6.36. The van der Waals surface area contributed by atoms with Gasteiger partial charge in [0, 0.05) is 13.5 Å². The number of carbonyl (C=O) groups is 2. The van der Waals surface area contributed by atoms with E-state index in [-0.39, 0.29) is 16.3 Å². The standard InChI is InChI=1S/C7H12INO3/c1-12-5(4-7(9)11)2-3-6(8)10/h5H,2-4H2,1H3,(H2,9,11)/t5-/m1/s1. The van der Waals surface area contributed by atoms with Crippen LogP contribution < -0.4 is 5.73 Å². The third-order valence-electron chi connectivity index (χ3n) is 1.43. The monoisotopic (exact) mass is 285 g/mol. The second-order valence-corrected chi connectivity index (χ2v) is 3.63. The largest absolute Gasteiger partial charge is 0.381 e. The molecule has 0 bridgehead atoms. The highest BCUT2D eigenvalue weighted by Crippen LogP contribution is 2.07. The van der Waals surface area contributed by atoms with Crippen molar-refractivity contribution in [3.63, 3.8) is 0 Å². The third kappa shape index (κ3) is 6.53. The van der Waals surface area contributed by atoms with Crippen LogP contribution in [0.1, 0.15) is 19.3 Å². The molecule has 4 nitrogen and oxygen atoms in total. The Morgan fingerprint density at radius 2 is 2.17 bits per heavy atom. The molecule has 2 N–H and O–H groups in total. The van der Waals surface area contributed by atoms with Gasteiger partial charge in [0.15, 0.2) is 3.79 Å². The van der Waals surface area contributed by atoms with Gasteiger partial charge in [0.25, 0.3) is 0 Å². The van der Waals surface area contributed by atoms with E-state index in [0.29, 0.717) is 12.8 Å². The van der Waals surface area contributed by atoms with Crippen LogP contribution >= 0.6 is 22.6 Å². The third-order valence-corrected chi connectivity index (χ3v) is 1.96. The van der Waals surface area contributed by atoms with Crippen molar-refractivity contribution in [3.8, 4) is 0 Å². The highest BCUT2D eigenvalue weighted by molar-refractivity contribution is 14.1. The Balaban J connectivity index is 3.67. The Bertz CT molecular complexity index is 172. The normalized spacial score (nSPS) is 12.5. The number of halogens is 1. The minimum atomic E-state index is -0.400. The van der Waals surface area contributed by atoms with Crippen LogP contribution in [0.3, 0.4) is 0 Å². The quantitative estimate of drug-likeness (QED) is 0.574. The first-order valence-electron chi connectivity index (χ1n) is 3.55. The van der Waals surface area contributed by atoms with Crippen molar-refractivity contribution in [2.75, 3.05) is 7.11 Å². The Hall–Kier alpha value is -0.170. The molecule has 1 amide bonds. The van der Waals surface area contributed by atoms with Crippen LogP contribution in [0.5, 0.6) is 0 Å². The molecule has 1 atom stereocenters. The molecule has 0 aromatic heterocycles. The van der Waals surface area contributed by atoms with E-state index in [0.717, 1.165) is 0 Å². The number of hydrogen-bond donors (Lipinski definition) is 1. The molecule has 0 aromatic carbocycles. The van der Waals surface area contributed by atoms with Gasteiger partial charge < -0.3 is 10.5 Å². The van der Waals surface area contributed by atoms with Gasteiger partial charge in [-0.3, -0.25) is 9.59 Å². The van der Waals surface area contributed by atoms with Gasteiger partial charge in [-0.15, -0.1) is 0 Å². The smallest absolute Gasteiger partial charge is 0.220 e. The molecule has 12 heavy (non-hydrogen) atoms. The van der Waals surface area contributed by atoms with E-state index in [9.17, 15) is 9.59 Å². The van der Waals surface area contributed by atoms with E-state index in [4.69, 9.17) is 10.5 Å². The molecule has 0 aromatic rings. The Labute approximate surface area is 85.0 Å². The molecular formula is C7H12INO3. The summed E-state index contributed by atoms with van der Waals surface area (Å²) in [6.45, 7) is 0. The number of methoxy groups -OCH3 is 1. The maximum atomic E-state index is 10.6. The van der Waals surface area contributed by atoms with Crippen molar-refractivity contribution in [1.29, 1.82) is 0 Å². The number of carbonyl (C=O) groups excluding carboxylic acids is 2. The Kier molecular flexibility index (Phi) is 6.27. The number of primary amides is 1. The summed E-state index contributed by atoms with van der Waals surface area (Å²) in [5.41, 5.74) is 4.97. The average molecular weight is 285 g/mol. The summed E-state index contributed by atoms with van der Waals surface area (Å²) in [5, 5.41) is 0. The van der Waals surface area contributed by atoms with Gasteiger partial charge in [0.05, 0.1) is 12.5 Å². The van der Waals surface area contributed by atoms with Crippen LogP contribution in [-0.2, 0) is 14.3 Å². The molecule has 0 saturated heterocycles. The van der Waals surface area contributed by atoms with Gasteiger partial charge in [0.2, 0.25) is 5.91 Å². The number of ether oxygens (including phenoxy) is 1. The number of nitrogens with two attached hydrogens (primary N) is 1. The van der Waals surface area contributed by atoms with Gasteiger partial charge in [-0.2, -0.15) is 0 Å². The summed E-state index contributed by atoms with van der Waals surface area (Å²) in [6, 6.07) is 0. The zero-order chi connectivity index (χ0) is 9.56. The van der Waals surface area contributed by atoms with E-state index < -0.39 is 5.91 Å². The zero-order valence-electron chi connectivity index (χ0n) is 6.88. The molecule has 0 rings (SSSR count). The maximum absolute atomic E-state index is 10.6. The fraction of sp³-hybridized carbons (Fsp3) is 0.714. The summed E-state index contributed by atoms with van der Waals surface area (Å²) in [7, 11) is 1.51. The molecule has 0 heterocycles. The van der Waals surface area contributed by atoms with Crippen molar-refractivity contribution in [2.45, 2.75) is 25.4 Å². The van der Waals surface area contributed by atoms with Crippen LogP contribution in [-0.4, -0.2) is 22.9 Å². The van der Waals surface area contributed by atoms with Crippen LogP contribution in [0.15, 0.2) is 0 Å². The molecule has 0 aliphatic carbocycles. The summed E-state index contributed by atoms with van der Waals surface area (Å²) in [5.74, 6) is -0.400. The summed E-state index contributed by atoms with van der Waals surface area (Å²) < 4.78 is 5.02. The van der Waals surface area contributed by atoms with Gasteiger partial charge in [0.1, 0.15) is 0 Å². The predicted molar refractivity (Wildman–Crippen MR) is 52.9 cm³/mol. The minimum Gasteiger partial charge on any atom is -0.381 e. The van der Waals surface area contributed by atoms with Crippen LogP contribution in [0.2, 0.25) is 0 Å². The van der Waals surface area contributed by atoms with Crippen molar-refractivity contribution in [2.24, 2.45) is 5.73 Å². The molecular weight excluding hydrogens is 273 g/mol. The Morgan fingerprint density at radius 1 is 1.58 bits per heavy atom. The van der Waals surface area contributed by atoms with Crippen LogP contribution in [0, 0.1) is 0 Å². The Morgan fingerprint density at radius 3 is 2.50 bits per heavy atom. The molecule has 0 spiro atoms. The van der Waals surface area contributed by atoms with Gasteiger partial charge in [-0.1, -0.05) is 0 Å². The predicted octanol–water partition coefficient (Wildman–Crippen LogP) is 0.619. The highest BCUT2D eigenvalue weighted by atomic mass is 127. The average Bonchev–Trinajstić information content (AvgIpc) is 1.97. The van der Waals surface area contributed by atoms with Crippen molar-refractivity contribution < 1.29 is 14.3 Å². The van der Waals surface area contributed by atoms with E-state index in [2.05, 4.69) is 0 Å². The molecule has 0 aliphatic heterocycles. The first kappa shape index (κ1) is 11.8. The first-order chi connectivity index (χ1) is 5.56. The van der Waals surface area contributed by atoms with Crippen molar-refractivity contribution >= 4 is 32.3 Å². The molecule has 0 radical (unpaired) electrons. The van der Waals surface area contributed by atoms with Crippen molar-refractivity contribution in [1.82, 2.24) is 0 Å². The lowest BCUT2D eigenvalue weighted by Crippen LogP contribution is -2.22. The van der Waals surface area contributed by atoms with E-state index in [1.54, 1.807) is 22.6 Å². The van der Waals surface area contributed by atoms with Gasteiger partial charge in [-0.05, 0) is 29.0 Å². The van der Waals surface area contributed by atoms with Crippen LogP contribution in [0.4, 0.5) is 0 Å². The summed E-state index contributed by atoms with van der Waals surface area (Å²) in [6.07, 6.45) is 0.940. The van der Waals surface area contributed by atoms with E-state index >= 15 is 0 Å². The maximum Gasteiger partial charge on any atom is 0.220 e. The fourth-order valence-corrected chi connectivity index (χ4v) is 1.11. The first-order valence-corrected chi connectivity index (χ1v) is 4.63. The lowest BCUT2D eigenvalue weighted by atomic mass is 10.1. The molecule has 5 heteroatoms. The van der Waals surface area contributed by atoms with Gasteiger partial charge in [-0.25, -0.2) is 0 Å². The fourth-order valence-electron chi connectivity index (χ4n) is 0.802. The zero-order valence-corrected chi connectivity index (χ0v) is 9.04. The summed E-state index contributed by atoms with van der Waals surface area (Å²) in [4.78, 5) is 21.0. The summed E-state index contributed by atoms with van der Waals surface area (Å²) >= 11 is 1.72. The van der Waals surface area contributed by atoms with E-state index in [1.807, 2.05) is 0 Å². The lowest BCUT2D eigenvalue weighted by molar-refractivity contribution is -0.121. The lowest BCUT2D eigenvalue weighted by Gasteiger charge is -2.11. The number of hydrogen-bond acceptors (Lipinski definition) is 3. The highest BCUT2D eigenvalue weighted by Gasteiger charge is 2.11. The van der Waals surface area contributed by atoms with Crippen molar-refractivity contribution in [3.05, 3.63) is 0 Å². The van der Waals surface area contributed by atoms with E-state index in [1.165, 1.54) is 7.11 Å². The SMILES string of the molecule is CO[C@H](CCC(=O)I)CC(N)=O. The topological polar surface area (TPSA) is 69.4 Å². The molecule has 0 saturated carbocycles. The number of rotatable bonds is 6. The molecule has 0 unspecified atom stereocenters.